The first kappa shape index (κ1) is 19.6. The number of nitrogens with two attached hydrogens (primary N) is 1. The van der Waals surface area contributed by atoms with Gasteiger partial charge in [-0.15, -0.1) is 23.7 Å². The predicted octanol–water partition coefficient (Wildman–Crippen LogP) is 2.59. The number of amides is 1. The molecule has 0 saturated carbocycles. The van der Waals surface area contributed by atoms with E-state index in [2.05, 4.69) is 23.1 Å². The van der Waals surface area contributed by atoms with Crippen LogP contribution in [-0.4, -0.2) is 42.4 Å². The highest BCUT2D eigenvalue weighted by Crippen LogP contribution is 2.11. The van der Waals surface area contributed by atoms with E-state index in [9.17, 15) is 4.79 Å². The summed E-state index contributed by atoms with van der Waals surface area (Å²) < 4.78 is 0. The summed E-state index contributed by atoms with van der Waals surface area (Å²) in [6.07, 6.45) is 0. The molecule has 2 rings (SSSR count). The van der Waals surface area contributed by atoms with E-state index in [1.54, 1.807) is 16.2 Å². The first-order chi connectivity index (χ1) is 10.7. The van der Waals surface area contributed by atoms with Crippen LogP contribution in [0.4, 0.5) is 0 Å². The maximum absolute atomic E-state index is 12.4. The topological polar surface area (TPSA) is 49.6 Å². The molecule has 0 spiro atoms. The van der Waals surface area contributed by atoms with Crippen LogP contribution in [0, 0.1) is 0 Å². The van der Waals surface area contributed by atoms with E-state index >= 15 is 0 Å². The lowest BCUT2D eigenvalue weighted by molar-refractivity contribution is -0.131. The van der Waals surface area contributed by atoms with Crippen molar-refractivity contribution in [2.24, 2.45) is 5.73 Å². The number of nitrogens with zero attached hydrogens (tertiary/aromatic N) is 2. The van der Waals surface area contributed by atoms with Crippen LogP contribution in [0.1, 0.15) is 10.4 Å². The molecule has 0 saturated heterocycles. The lowest BCUT2D eigenvalue weighted by Gasteiger charge is -2.24. The third kappa shape index (κ3) is 6.71. The van der Waals surface area contributed by atoms with Gasteiger partial charge in [-0.1, -0.05) is 36.4 Å². The minimum Gasteiger partial charge on any atom is -0.340 e. The molecule has 126 valence electrons. The average Bonchev–Trinajstić information content (AvgIpc) is 3.01. The number of likely N-dealkylation sites (N-methyl/N-ethyl adjacent to an activating group) is 1. The van der Waals surface area contributed by atoms with Crippen LogP contribution in [0.15, 0.2) is 47.8 Å². The number of benzene rings is 1. The van der Waals surface area contributed by atoms with Gasteiger partial charge in [-0.3, -0.25) is 9.69 Å². The lowest BCUT2D eigenvalue weighted by atomic mass is 10.2. The van der Waals surface area contributed by atoms with Crippen molar-refractivity contribution in [3.05, 3.63) is 58.3 Å². The summed E-state index contributed by atoms with van der Waals surface area (Å²) in [4.78, 5) is 17.5. The van der Waals surface area contributed by atoms with E-state index in [0.717, 1.165) is 6.54 Å². The van der Waals surface area contributed by atoms with Gasteiger partial charge in [0.15, 0.2) is 0 Å². The monoisotopic (exact) mass is 353 g/mol. The van der Waals surface area contributed by atoms with Crippen LogP contribution >= 0.6 is 23.7 Å². The van der Waals surface area contributed by atoms with Gasteiger partial charge in [-0.2, -0.15) is 0 Å². The normalized spacial score (nSPS) is 10.4. The van der Waals surface area contributed by atoms with E-state index in [4.69, 9.17) is 5.73 Å². The predicted molar refractivity (Wildman–Crippen MR) is 98.8 cm³/mol. The minimum absolute atomic E-state index is 0. The van der Waals surface area contributed by atoms with Gasteiger partial charge in [0.25, 0.3) is 0 Å². The average molecular weight is 354 g/mol. The molecule has 0 fully saturated rings. The fourth-order valence-corrected chi connectivity index (χ4v) is 3.03. The molecular weight excluding hydrogens is 330 g/mol. The second-order valence-corrected chi connectivity index (χ2v) is 6.35. The molecule has 0 aliphatic carbocycles. The Kier molecular flexibility index (Phi) is 8.87. The van der Waals surface area contributed by atoms with Crippen LogP contribution < -0.4 is 5.73 Å². The quantitative estimate of drug-likeness (QED) is 0.793. The highest BCUT2D eigenvalue weighted by atomic mass is 35.5. The van der Waals surface area contributed by atoms with Crippen molar-refractivity contribution in [2.45, 2.75) is 13.1 Å². The standard InChI is InChI=1S/C17H23N3OS.ClH/c1-19(13-16-8-5-11-22-16)17(21)14-20(10-9-18)12-15-6-3-2-4-7-15;/h2-8,11H,9-10,12-14,18H2,1H3;1H. The van der Waals surface area contributed by atoms with Crippen LogP contribution in [0.5, 0.6) is 0 Å². The number of carbonyl (C=O) groups is 1. The molecule has 1 aromatic carbocycles. The maximum Gasteiger partial charge on any atom is 0.236 e. The van der Waals surface area contributed by atoms with E-state index in [-0.39, 0.29) is 18.3 Å². The van der Waals surface area contributed by atoms with Crippen molar-refractivity contribution in [2.75, 3.05) is 26.7 Å². The summed E-state index contributed by atoms with van der Waals surface area (Å²) in [6, 6.07) is 14.2. The zero-order valence-electron chi connectivity index (χ0n) is 13.4. The minimum atomic E-state index is 0. The van der Waals surface area contributed by atoms with E-state index < -0.39 is 0 Å². The van der Waals surface area contributed by atoms with Crippen molar-refractivity contribution in [3.8, 4) is 0 Å². The van der Waals surface area contributed by atoms with Crippen molar-refractivity contribution in [1.29, 1.82) is 0 Å². The number of carbonyl (C=O) groups excluding carboxylic acids is 1. The van der Waals surface area contributed by atoms with Crippen molar-refractivity contribution in [1.82, 2.24) is 9.80 Å². The van der Waals surface area contributed by atoms with Crippen molar-refractivity contribution >= 4 is 29.7 Å². The molecule has 1 aromatic heterocycles. The van der Waals surface area contributed by atoms with Gasteiger partial charge >= 0.3 is 0 Å². The summed E-state index contributed by atoms with van der Waals surface area (Å²) in [5.41, 5.74) is 6.88. The Bertz CT molecular complexity index is 562. The highest BCUT2D eigenvalue weighted by Gasteiger charge is 2.15. The Morgan fingerprint density at radius 2 is 1.87 bits per heavy atom. The number of rotatable bonds is 8. The molecule has 0 radical (unpaired) electrons. The SMILES string of the molecule is CN(Cc1cccs1)C(=O)CN(CCN)Cc1ccccc1.Cl. The van der Waals surface area contributed by atoms with Gasteiger partial charge in [0, 0.05) is 31.6 Å². The molecule has 2 N–H and O–H groups in total. The fourth-order valence-electron chi connectivity index (χ4n) is 2.27. The molecule has 1 heterocycles. The van der Waals surface area contributed by atoms with E-state index in [0.29, 0.717) is 26.2 Å². The van der Waals surface area contributed by atoms with Crippen LogP contribution in [0.3, 0.4) is 0 Å². The van der Waals surface area contributed by atoms with Gasteiger partial charge in [0.1, 0.15) is 0 Å². The van der Waals surface area contributed by atoms with Crippen LogP contribution in [0.25, 0.3) is 0 Å². The summed E-state index contributed by atoms with van der Waals surface area (Å²) in [5, 5.41) is 2.03. The molecule has 2 aromatic rings. The van der Waals surface area contributed by atoms with Gasteiger partial charge in [0.2, 0.25) is 5.91 Å². The lowest BCUT2D eigenvalue weighted by Crippen LogP contribution is -2.39. The first-order valence-corrected chi connectivity index (χ1v) is 8.29. The molecule has 0 aliphatic rings. The highest BCUT2D eigenvalue weighted by molar-refractivity contribution is 7.09. The fraction of sp³-hybridized carbons (Fsp3) is 0.353. The Morgan fingerprint density at radius 1 is 1.13 bits per heavy atom. The smallest absolute Gasteiger partial charge is 0.236 e. The second kappa shape index (κ2) is 10.4. The summed E-state index contributed by atoms with van der Waals surface area (Å²) in [6.45, 7) is 3.07. The number of thiophene rings is 1. The Labute approximate surface area is 148 Å². The third-order valence-electron chi connectivity index (χ3n) is 3.45. The van der Waals surface area contributed by atoms with Gasteiger partial charge in [-0.25, -0.2) is 0 Å². The molecular formula is C17H24ClN3OS. The first-order valence-electron chi connectivity index (χ1n) is 7.41. The Balaban J connectivity index is 0.00000264. The second-order valence-electron chi connectivity index (χ2n) is 5.31. The maximum atomic E-state index is 12.4. The molecule has 6 heteroatoms. The van der Waals surface area contributed by atoms with Crippen LogP contribution in [-0.2, 0) is 17.9 Å². The van der Waals surface area contributed by atoms with Crippen molar-refractivity contribution in [3.63, 3.8) is 0 Å². The zero-order valence-corrected chi connectivity index (χ0v) is 15.0. The zero-order chi connectivity index (χ0) is 15.8. The molecule has 1 amide bonds. The van der Waals surface area contributed by atoms with Crippen molar-refractivity contribution < 1.29 is 4.79 Å². The van der Waals surface area contributed by atoms with Gasteiger partial charge in [-0.05, 0) is 17.0 Å². The summed E-state index contributed by atoms with van der Waals surface area (Å²) >= 11 is 1.67. The summed E-state index contributed by atoms with van der Waals surface area (Å²) in [5.74, 6) is 0.123. The Hall–Kier alpha value is -1.40. The number of halogens is 1. The van der Waals surface area contributed by atoms with Crippen LogP contribution in [0.2, 0.25) is 0 Å². The van der Waals surface area contributed by atoms with E-state index in [1.165, 1.54) is 10.4 Å². The number of hydrogen-bond acceptors (Lipinski definition) is 4. The molecule has 0 aliphatic heterocycles. The summed E-state index contributed by atoms with van der Waals surface area (Å²) in [7, 11) is 1.85. The Morgan fingerprint density at radius 3 is 2.48 bits per heavy atom. The molecule has 4 nitrogen and oxygen atoms in total. The number of hydrogen-bond donors (Lipinski definition) is 1. The largest absolute Gasteiger partial charge is 0.340 e. The van der Waals surface area contributed by atoms with E-state index in [1.807, 2.05) is 36.7 Å². The molecule has 0 bridgehead atoms. The van der Waals surface area contributed by atoms with Gasteiger partial charge in [0.05, 0.1) is 13.1 Å². The molecule has 0 unspecified atom stereocenters. The molecule has 23 heavy (non-hydrogen) atoms. The van der Waals surface area contributed by atoms with Gasteiger partial charge < -0.3 is 10.6 Å². The third-order valence-corrected chi connectivity index (χ3v) is 4.31. The molecule has 0 atom stereocenters.